The molecule has 0 aliphatic heterocycles. The van der Waals surface area contributed by atoms with E-state index < -0.39 is 0 Å². The molecule has 0 bridgehead atoms. The number of aromatic nitrogens is 1. The van der Waals surface area contributed by atoms with Gasteiger partial charge in [-0.1, -0.05) is 60.7 Å². The molecule has 25 heavy (non-hydrogen) atoms. The number of furan rings is 1. The second-order valence-corrected chi connectivity index (χ2v) is 6.40. The van der Waals surface area contributed by atoms with Crippen molar-refractivity contribution in [3.05, 3.63) is 85.5 Å². The Hall–Kier alpha value is -3.26. The van der Waals surface area contributed by atoms with Crippen LogP contribution >= 0.6 is 0 Å². The van der Waals surface area contributed by atoms with Crippen molar-refractivity contribution >= 4 is 21.7 Å². The summed E-state index contributed by atoms with van der Waals surface area (Å²) in [6, 6.07) is 23.4. The molecule has 0 aliphatic rings. The van der Waals surface area contributed by atoms with Crippen LogP contribution in [0.4, 0.5) is 0 Å². The van der Waals surface area contributed by atoms with Crippen LogP contribution in [0.25, 0.3) is 43.9 Å². The van der Waals surface area contributed by atoms with E-state index in [-0.39, 0.29) is 0 Å². The van der Waals surface area contributed by atoms with E-state index in [1.54, 1.807) is 0 Å². The molecule has 0 saturated carbocycles. The Morgan fingerprint density at radius 2 is 1.32 bits per heavy atom. The number of hydrogen-bond donors (Lipinski definition) is 0. The van der Waals surface area contributed by atoms with E-state index in [9.17, 15) is 0 Å². The summed E-state index contributed by atoms with van der Waals surface area (Å²) in [5.74, 6) is 0. The van der Waals surface area contributed by atoms with E-state index in [4.69, 9.17) is 4.42 Å². The number of hydrogen-bond acceptors (Lipinski definition) is 1. The van der Waals surface area contributed by atoms with Crippen molar-refractivity contribution in [3.63, 3.8) is 0 Å². The molecule has 3 aromatic carbocycles. The second-order valence-electron chi connectivity index (χ2n) is 6.40. The zero-order chi connectivity index (χ0) is 16.8. The third kappa shape index (κ3) is 2.11. The minimum absolute atomic E-state index is 1.13. The average Bonchev–Trinajstić information content (AvgIpc) is 3.26. The van der Waals surface area contributed by atoms with Gasteiger partial charge in [-0.3, -0.25) is 0 Å². The largest absolute Gasteiger partial charge is 0.471 e. The summed E-state index contributed by atoms with van der Waals surface area (Å²) in [6.45, 7) is 0. The zero-order valence-corrected chi connectivity index (χ0v) is 13.9. The summed E-state index contributed by atoms with van der Waals surface area (Å²) < 4.78 is 7.82. The number of benzene rings is 3. The van der Waals surface area contributed by atoms with Crippen molar-refractivity contribution in [2.24, 2.45) is 7.05 Å². The van der Waals surface area contributed by atoms with Gasteiger partial charge >= 0.3 is 0 Å². The summed E-state index contributed by atoms with van der Waals surface area (Å²) in [5, 5.41) is 3.73. The lowest BCUT2D eigenvalue weighted by atomic mass is 9.95. The Morgan fingerprint density at radius 3 is 2.20 bits per heavy atom. The van der Waals surface area contributed by atoms with Crippen LogP contribution in [0.15, 0.2) is 89.9 Å². The minimum atomic E-state index is 1.13. The van der Waals surface area contributed by atoms with Gasteiger partial charge in [-0.15, -0.1) is 0 Å². The van der Waals surface area contributed by atoms with Gasteiger partial charge in [0.15, 0.2) is 0 Å². The topological polar surface area (TPSA) is 18.1 Å². The quantitative estimate of drug-likeness (QED) is 0.375. The van der Waals surface area contributed by atoms with Crippen LogP contribution in [0.5, 0.6) is 0 Å². The molecule has 120 valence electrons. The molecule has 0 unspecified atom stereocenters. The number of rotatable bonds is 2. The smallest absolute Gasteiger partial charge is 0.0988 e. The average molecular weight is 323 g/mol. The maximum Gasteiger partial charge on any atom is 0.0988 e. The van der Waals surface area contributed by atoms with Gasteiger partial charge in [-0.05, 0) is 22.4 Å². The van der Waals surface area contributed by atoms with E-state index in [0.717, 1.165) is 11.1 Å². The fourth-order valence-corrected chi connectivity index (χ4v) is 3.73. The molecule has 0 amide bonds. The Kier molecular flexibility index (Phi) is 3.04. The summed E-state index contributed by atoms with van der Waals surface area (Å²) in [7, 11) is 2.09. The van der Waals surface area contributed by atoms with Gasteiger partial charge in [0.25, 0.3) is 0 Å². The number of nitrogens with zero attached hydrogens (tertiary/aromatic N) is 1. The van der Waals surface area contributed by atoms with Crippen LogP contribution in [0.1, 0.15) is 0 Å². The predicted octanol–water partition coefficient (Wildman–Crippen LogP) is 6.26. The van der Waals surface area contributed by atoms with Gasteiger partial charge in [-0.25, -0.2) is 0 Å². The fraction of sp³-hybridized carbons (Fsp3) is 0.0435. The van der Waals surface area contributed by atoms with E-state index in [2.05, 4.69) is 84.5 Å². The molecule has 0 saturated heterocycles. The standard InChI is InChI=1S/C23H17NO/c1-24-13-20(19-10-4-5-12-23(19)24)22-15-25-14-21(22)18-11-6-8-16-7-2-3-9-17(16)18/h2-15H,1H3. The summed E-state index contributed by atoms with van der Waals surface area (Å²) >= 11 is 0. The maximum atomic E-state index is 5.65. The number of para-hydroxylation sites is 1. The SMILES string of the molecule is Cn1cc(-c2cocc2-c2cccc3ccccc23)c2ccccc21. The highest BCUT2D eigenvalue weighted by Crippen LogP contribution is 2.40. The minimum Gasteiger partial charge on any atom is -0.471 e. The highest BCUT2D eigenvalue weighted by Gasteiger charge is 2.16. The summed E-state index contributed by atoms with van der Waals surface area (Å²) in [6.07, 6.45) is 5.90. The van der Waals surface area contributed by atoms with E-state index >= 15 is 0 Å². The van der Waals surface area contributed by atoms with Crippen molar-refractivity contribution in [2.45, 2.75) is 0 Å². The number of fused-ring (bicyclic) bond motifs is 2. The molecule has 2 heterocycles. The van der Waals surface area contributed by atoms with Gasteiger partial charge in [0.05, 0.1) is 12.5 Å². The molecule has 5 aromatic rings. The molecule has 2 heteroatoms. The molecule has 0 N–H and O–H groups in total. The Bertz CT molecular complexity index is 1200. The predicted molar refractivity (Wildman–Crippen MR) is 104 cm³/mol. The Morgan fingerprint density at radius 1 is 0.640 bits per heavy atom. The van der Waals surface area contributed by atoms with Crippen molar-refractivity contribution in [2.75, 3.05) is 0 Å². The molecular weight excluding hydrogens is 306 g/mol. The normalized spacial score (nSPS) is 11.4. The van der Waals surface area contributed by atoms with Crippen LogP contribution in [0.2, 0.25) is 0 Å². The van der Waals surface area contributed by atoms with E-state index in [1.807, 2.05) is 12.5 Å². The Labute approximate surface area is 145 Å². The first kappa shape index (κ1) is 14.1. The van der Waals surface area contributed by atoms with Gasteiger partial charge in [0.1, 0.15) is 0 Å². The van der Waals surface area contributed by atoms with Gasteiger partial charge in [0.2, 0.25) is 0 Å². The monoisotopic (exact) mass is 323 g/mol. The third-order valence-electron chi connectivity index (χ3n) is 4.93. The summed E-state index contributed by atoms with van der Waals surface area (Å²) in [5.41, 5.74) is 5.90. The van der Waals surface area contributed by atoms with Gasteiger partial charge in [0, 0.05) is 40.8 Å². The van der Waals surface area contributed by atoms with Crippen LogP contribution in [0.3, 0.4) is 0 Å². The lowest BCUT2D eigenvalue weighted by molar-refractivity contribution is 0.569. The molecule has 2 nitrogen and oxygen atoms in total. The molecular formula is C23H17NO. The van der Waals surface area contributed by atoms with Crippen molar-refractivity contribution < 1.29 is 4.42 Å². The fourth-order valence-electron chi connectivity index (χ4n) is 3.73. The van der Waals surface area contributed by atoms with Crippen LogP contribution in [-0.4, -0.2) is 4.57 Å². The first-order valence-corrected chi connectivity index (χ1v) is 8.42. The van der Waals surface area contributed by atoms with Crippen molar-refractivity contribution in [3.8, 4) is 22.3 Å². The van der Waals surface area contributed by atoms with Gasteiger partial charge < -0.3 is 8.98 Å². The third-order valence-corrected chi connectivity index (χ3v) is 4.93. The maximum absolute atomic E-state index is 5.65. The van der Waals surface area contributed by atoms with E-state index in [1.165, 1.54) is 32.8 Å². The Balaban J connectivity index is 1.80. The lowest BCUT2D eigenvalue weighted by Crippen LogP contribution is -1.83. The highest BCUT2D eigenvalue weighted by molar-refractivity contribution is 6.04. The van der Waals surface area contributed by atoms with Crippen LogP contribution < -0.4 is 0 Å². The second kappa shape index (κ2) is 5.38. The molecule has 5 rings (SSSR count). The van der Waals surface area contributed by atoms with Crippen LogP contribution in [0, 0.1) is 0 Å². The first-order valence-electron chi connectivity index (χ1n) is 8.42. The highest BCUT2D eigenvalue weighted by atomic mass is 16.3. The molecule has 0 fully saturated rings. The molecule has 0 atom stereocenters. The van der Waals surface area contributed by atoms with Crippen molar-refractivity contribution in [1.29, 1.82) is 0 Å². The molecule has 0 spiro atoms. The zero-order valence-electron chi connectivity index (χ0n) is 13.9. The van der Waals surface area contributed by atoms with Gasteiger partial charge in [-0.2, -0.15) is 0 Å². The van der Waals surface area contributed by atoms with E-state index in [0.29, 0.717) is 0 Å². The molecule has 0 aliphatic carbocycles. The molecule has 0 radical (unpaired) electrons. The van der Waals surface area contributed by atoms with Crippen LogP contribution in [-0.2, 0) is 7.05 Å². The summed E-state index contributed by atoms with van der Waals surface area (Å²) in [4.78, 5) is 0. The lowest BCUT2D eigenvalue weighted by Gasteiger charge is -2.07. The molecule has 2 aromatic heterocycles. The first-order chi connectivity index (χ1) is 12.3. The number of aryl methyl sites for hydroxylation is 1. The van der Waals surface area contributed by atoms with Crippen molar-refractivity contribution in [1.82, 2.24) is 4.57 Å².